The van der Waals surface area contributed by atoms with Crippen LogP contribution in [-0.4, -0.2) is 29.0 Å². The zero-order valence-electron chi connectivity index (χ0n) is 13.0. The molecule has 0 aromatic rings. The highest BCUT2D eigenvalue weighted by Crippen LogP contribution is 2.30. The van der Waals surface area contributed by atoms with Gasteiger partial charge >= 0.3 is 0 Å². The number of carbonyl (C=O) groups excluding carboxylic acids is 3. The predicted octanol–water partition coefficient (Wildman–Crippen LogP) is 2.95. The first-order chi connectivity index (χ1) is 9.51. The summed E-state index contributed by atoms with van der Waals surface area (Å²) >= 11 is 0. The molecule has 1 fully saturated rings. The van der Waals surface area contributed by atoms with Gasteiger partial charge in [0.2, 0.25) is 11.8 Å². The van der Waals surface area contributed by atoms with Crippen LogP contribution in [0.4, 0.5) is 0 Å². The molecular formula is C16H27NO3. The Morgan fingerprint density at radius 1 is 1.20 bits per heavy atom. The van der Waals surface area contributed by atoms with Crippen LogP contribution in [0.2, 0.25) is 0 Å². The maximum atomic E-state index is 12.3. The second-order valence-corrected chi connectivity index (χ2v) is 5.78. The van der Waals surface area contributed by atoms with E-state index in [1.165, 1.54) is 4.90 Å². The van der Waals surface area contributed by atoms with Gasteiger partial charge in [-0.25, -0.2) is 0 Å². The third-order valence-corrected chi connectivity index (χ3v) is 4.31. The van der Waals surface area contributed by atoms with Crippen molar-refractivity contribution in [1.29, 1.82) is 0 Å². The van der Waals surface area contributed by atoms with Crippen molar-refractivity contribution in [3.05, 3.63) is 0 Å². The molecule has 1 atom stereocenters. The maximum absolute atomic E-state index is 12.3. The Morgan fingerprint density at radius 2 is 1.85 bits per heavy atom. The first-order valence-corrected chi connectivity index (χ1v) is 7.84. The van der Waals surface area contributed by atoms with Gasteiger partial charge in [-0.05, 0) is 25.7 Å². The van der Waals surface area contributed by atoms with Crippen molar-refractivity contribution in [2.45, 2.75) is 65.7 Å². The van der Waals surface area contributed by atoms with E-state index in [-0.39, 0.29) is 23.5 Å². The van der Waals surface area contributed by atoms with Crippen LogP contribution in [0, 0.1) is 11.8 Å². The van der Waals surface area contributed by atoms with Crippen LogP contribution in [0.1, 0.15) is 65.7 Å². The van der Waals surface area contributed by atoms with Gasteiger partial charge in [-0.15, -0.1) is 0 Å². The summed E-state index contributed by atoms with van der Waals surface area (Å²) in [6, 6.07) is 0. The van der Waals surface area contributed by atoms with Crippen LogP contribution in [0.15, 0.2) is 0 Å². The fraction of sp³-hybridized carbons (Fsp3) is 0.812. The Kier molecular flexibility index (Phi) is 6.89. The normalized spacial score (nSPS) is 19.2. The topological polar surface area (TPSA) is 54.5 Å². The third-order valence-electron chi connectivity index (χ3n) is 4.31. The zero-order chi connectivity index (χ0) is 15.1. The third kappa shape index (κ3) is 4.43. The van der Waals surface area contributed by atoms with E-state index in [2.05, 4.69) is 13.8 Å². The van der Waals surface area contributed by atoms with Gasteiger partial charge < -0.3 is 4.79 Å². The molecule has 4 heteroatoms. The molecule has 0 spiro atoms. The van der Waals surface area contributed by atoms with Gasteiger partial charge in [0.1, 0.15) is 5.78 Å². The van der Waals surface area contributed by atoms with Crippen LogP contribution < -0.4 is 0 Å². The highest BCUT2D eigenvalue weighted by molar-refractivity contribution is 6.03. The maximum Gasteiger partial charge on any atom is 0.233 e. The molecule has 0 radical (unpaired) electrons. The van der Waals surface area contributed by atoms with Crippen LogP contribution >= 0.6 is 0 Å². The van der Waals surface area contributed by atoms with E-state index >= 15 is 0 Å². The molecule has 20 heavy (non-hydrogen) atoms. The molecular weight excluding hydrogens is 254 g/mol. The van der Waals surface area contributed by atoms with Gasteiger partial charge in [0, 0.05) is 19.4 Å². The first-order valence-electron chi connectivity index (χ1n) is 7.84. The zero-order valence-corrected chi connectivity index (χ0v) is 13.0. The SMILES string of the molecule is CCC(CC)C1CC(=O)N(CCCCCC(C)=O)C1=O. The van der Waals surface area contributed by atoms with Crippen molar-refractivity contribution in [2.75, 3.05) is 6.54 Å². The van der Waals surface area contributed by atoms with Crippen LogP contribution in [0.3, 0.4) is 0 Å². The molecule has 114 valence electrons. The van der Waals surface area contributed by atoms with Gasteiger partial charge in [0.25, 0.3) is 0 Å². The Labute approximate surface area is 121 Å². The summed E-state index contributed by atoms with van der Waals surface area (Å²) in [5, 5.41) is 0. The lowest BCUT2D eigenvalue weighted by Crippen LogP contribution is -2.33. The van der Waals surface area contributed by atoms with E-state index in [0.717, 1.165) is 32.1 Å². The highest BCUT2D eigenvalue weighted by atomic mass is 16.2. The van der Waals surface area contributed by atoms with Gasteiger partial charge in [0.05, 0.1) is 5.92 Å². The molecule has 1 aliphatic heterocycles. The lowest BCUT2D eigenvalue weighted by molar-refractivity contribution is -0.140. The molecule has 1 aliphatic rings. The number of likely N-dealkylation sites (tertiary alicyclic amines) is 1. The molecule has 0 N–H and O–H groups in total. The average molecular weight is 281 g/mol. The second-order valence-electron chi connectivity index (χ2n) is 5.78. The van der Waals surface area contributed by atoms with Gasteiger partial charge in [0.15, 0.2) is 0 Å². The standard InChI is InChI=1S/C16H27NO3/c1-4-13(5-2)14-11-15(19)17(16(14)20)10-8-6-7-9-12(3)18/h13-14H,4-11H2,1-3H3. The van der Waals surface area contributed by atoms with Gasteiger partial charge in [-0.3, -0.25) is 14.5 Å². The first kappa shape index (κ1) is 16.9. The predicted molar refractivity (Wildman–Crippen MR) is 78.0 cm³/mol. The summed E-state index contributed by atoms with van der Waals surface area (Å²) in [6.45, 7) is 6.27. The number of Topliss-reactive ketones (excluding diaryl/α,β-unsaturated/α-hetero) is 1. The van der Waals surface area contributed by atoms with Crippen molar-refractivity contribution < 1.29 is 14.4 Å². The molecule has 4 nitrogen and oxygen atoms in total. The molecule has 1 unspecified atom stereocenters. The number of carbonyl (C=O) groups is 3. The number of ketones is 1. The molecule has 0 aromatic carbocycles. The number of amides is 2. The van der Waals surface area contributed by atoms with Gasteiger partial charge in [-0.1, -0.05) is 33.1 Å². The minimum atomic E-state index is -0.102. The van der Waals surface area contributed by atoms with Crippen LogP contribution in [0.25, 0.3) is 0 Å². The minimum Gasteiger partial charge on any atom is -0.300 e. The van der Waals surface area contributed by atoms with E-state index in [0.29, 0.717) is 25.3 Å². The highest BCUT2D eigenvalue weighted by Gasteiger charge is 2.41. The summed E-state index contributed by atoms with van der Waals surface area (Å²) in [5.74, 6) is 0.435. The largest absolute Gasteiger partial charge is 0.300 e. The average Bonchev–Trinajstić information content (AvgIpc) is 2.67. The summed E-state index contributed by atoms with van der Waals surface area (Å²) in [5.41, 5.74) is 0. The lowest BCUT2D eigenvalue weighted by atomic mass is 9.87. The van der Waals surface area contributed by atoms with Crippen molar-refractivity contribution >= 4 is 17.6 Å². The Hall–Kier alpha value is -1.19. The smallest absolute Gasteiger partial charge is 0.233 e. The molecule has 1 saturated heterocycles. The van der Waals surface area contributed by atoms with E-state index in [1.807, 2.05) is 0 Å². The summed E-state index contributed by atoms with van der Waals surface area (Å²) in [7, 11) is 0. The second kappa shape index (κ2) is 8.18. The molecule has 0 aliphatic carbocycles. The number of imide groups is 1. The Balaban J connectivity index is 2.41. The van der Waals surface area contributed by atoms with Crippen molar-refractivity contribution in [2.24, 2.45) is 11.8 Å². The summed E-state index contributed by atoms with van der Waals surface area (Å²) in [4.78, 5) is 36.5. The summed E-state index contributed by atoms with van der Waals surface area (Å²) < 4.78 is 0. The number of unbranched alkanes of at least 4 members (excludes halogenated alkanes) is 2. The minimum absolute atomic E-state index is 0.0153. The quantitative estimate of drug-likeness (QED) is 0.482. The van der Waals surface area contributed by atoms with E-state index in [1.54, 1.807) is 6.92 Å². The number of nitrogens with zero attached hydrogens (tertiary/aromatic N) is 1. The fourth-order valence-corrected chi connectivity index (χ4v) is 2.99. The molecule has 0 bridgehead atoms. The van der Waals surface area contributed by atoms with E-state index in [9.17, 15) is 14.4 Å². The molecule has 0 saturated carbocycles. The lowest BCUT2D eigenvalue weighted by Gasteiger charge is -2.19. The molecule has 0 aromatic heterocycles. The van der Waals surface area contributed by atoms with Gasteiger partial charge in [-0.2, -0.15) is 0 Å². The van der Waals surface area contributed by atoms with E-state index < -0.39 is 0 Å². The Bertz CT molecular complexity index is 361. The van der Waals surface area contributed by atoms with Crippen LogP contribution in [-0.2, 0) is 14.4 Å². The number of hydrogen-bond acceptors (Lipinski definition) is 3. The van der Waals surface area contributed by atoms with Crippen molar-refractivity contribution in [3.63, 3.8) is 0 Å². The van der Waals surface area contributed by atoms with Crippen molar-refractivity contribution in [1.82, 2.24) is 4.90 Å². The molecule has 2 amide bonds. The fourth-order valence-electron chi connectivity index (χ4n) is 2.99. The molecule has 1 rings (SSSR count). The van der Waals surface area contributed by atoms with Crippen LogP contribution in [0.5, 0.6) is 0 Å². The summed E-state index contributed by atoms with van der Waals surface area (Å²) in [6.07, 6.45) is 5.43. The molecule has 1 heterocycles. The number of hydrogen-bond donors (Lipinski definition) is 0. The number of rotatable bonds is 9. The Morgan fingerprint density at radius 3 is 2.40 bits per heavy atom. The van der Waals surface area contributed by atoms with E-state index in [4.69, 9.17) is 0 Å². The van der Waals surface area contributed by atoms with Crippen molar-refractivity contribution in [3.8, 4) is 0 Å². The monoisotopic (exact) mass is 281 g/mol.